The Morgan fingerprint density at radius 1 is 0.824 bits per heavy atom. The van der Waals surface area contributed by atoms with Crippen molar-refractivity contribution in [2.45, 2.75) is 82.7 Å². The molecule has 2 saturated carbocycles. The normalized spacial score (nSPS) is 31.5. The van der Waals surface area contributed by atoms with Crippen molar-refractivity contribution in [2.75, 3.05) is 0 Å². The van der Waals surface area contributed by atoms with Gasteiger partial charge in [0.15, 0.2) is 0 Å². The van der Waals surface area contributed by atoms with Crippen molar-refractivity contribution in [1.82, 2.24) is 0 Å². The summed E-state index contributed by atoms with van der Waals surface area (Å²) in [5.74, 6) is 0. The van der Waals surface area contributed by atoms with E-state index in [1.54, 1.807) is 0 Å². The monoisotopic (exact) mass is 234 g/mol. The number of allylic oxidation sites excluding steroid dienone is 1. The van der Waals surface area contributed by atoms with Crippen molar-refractivity contribution in [3.8, 4) is 0 Å². The molecule has 1 heteroatoms. The summed E-state index contributed by atoms with van der Waals surface area (Å²) in [6.07, 6.45) is 17.7. The molecule has 3 aliphatic rings. The van der Waals surface area contributed by atoms with Crippen LogP contribution in [-0.2, 0) is 0 Å². The predicted molar refractivity (Wildman–Crippen MR) is 70.9 cm³/mol. The molecule has 0 amide bonds. The highest BCUT2D eigenvalue weighted by Crippen LogP contribution is 2.53. The number of aliphatic hydroxyl groups is 1. The fraction of sp³-hybridized carbons (Fsp3) is 0.875. The van der Waals surface area contributed by atoms with Crippen molar-refractivity contribution in [3.63, 3.8) is 0 Å². The molecule has 1 N–H and O–H groups in total. The average molecular weight is 234 g/mol. The molecule has 0 unspecified atom stereocenters. The summed E-state index contributed by atoms with van der Waals surface area (Å²) in [6, 6.07) is 0. The fourth-order valence-corrected chi connectivity index (χ4v) is 4.40. The van der Waals surface area contributed by atoms with Gasteiger partial charge >= 0.3 is 0 Å². The molecular formula is C16H26O. The van der Waals surface area contributed by atoms with Gasteiger partial charge in [0.05, 0.1) is 5.60 Å². The Hall–Kier alpha value is -0.300. The zero-order valence-corrected chi connectivity index (χ0v) is 11.0. The molecule has 0 aromatic carbocycles. The van der Waals surface area contributed by atoms with E-state index in [2.05, 4.69) is 6.08 Å². The van der Waals surface area contributed by atoms with Gasteiger partial charge in [-0.1, -0.05) is 18.9 Å². The zero-order chi connectivity index (χ0) is 11.8. The molecule has 0 aromatic heterocycles. The van der Waals surface area contributed by atoms with Gasteiger partial charge in [-0.05, 0) is 75.2 Å². The summed E-state index contributed by atoms with van der Waals surface area (Å²) in [7, 11) is 0. The molecule has 1 nitrogen and oxygen atoms in total. The Balaban J connectivity index is 1.68. The first kappa shape index (κ1) is 11.8. The second kappa shape index (κ2) is 4.42. The minimum absolute atomic E-state index is 0.408. The van der Waals surface area contributed by atoms with Crippen LogP contribution < -0.4 is 0 Å². The van der Waals surface area contributed by atoms with E-state index in [0.717, 1.165) is 19.3 Å². The van der Waals surface area contributed by atoms with Crippen LogP contribution in [0.5, 0.6) is 0 Å². The molecule has 0 aliphatic heterocycles. The summed E-state index contributed by atoms with van der Waals surface area (Å²) >= 11 is 0. The lowest BCUT2D eigenvalue weighted by Crippen LogP contribution is -2.40. The molecule has 0 radical (unpaired) electrons. The second-order valence-electron chi connectivity index (χ2n) is 6.71. The van der Waals surface area contributed by atoms with Gasteiger partial charge in [0.2, 0.25) is 0 Å². The highest BCUT2D eigenvalue weighted by molar-refractivity contribution is 5.20. The standard InChI is InChI=1S/C16H26O/c17-16(14-6-2-1-3-7-14)12-10-15(11-13-16)8-4-5-9-15/h6,17H,1-5,7-13H2. The first-order chi connectivity index (χ1) is 8.23. The van der Waals surface area contributed by atoms with Gasteiger partial charge in [0.25, 0.3) is 0 Å². The molecule has 0 heterocycles. The molecule has 3 aliphatic carbocycles. The largest absolute Gasteiger partial charge is 0.386 e. The lowest BCUT2D eigenvalue weighted by atomic mass is 9.65. The van der Waals surface area contributed by atoms with E-state index in [0.29, 0.717) is 5.41 Å². The van der Waals surface area contributed by atoms with Crippen LogP contribution in [0.1, 0.15) is 77.0 Å². The van der Waals surface area contributed by atoms with Gasteiger partial charge in [-0.3, -0.25) is 0 Å². The molecule has 0 aromatic rings. The van der Waals surface area contributed by atoms with Crippen LogP contribution in [0.15, 0.2) is 11.6 Å². The van der Waals surface area contributed by atoms with E-state index in [9.17, 15) is 5.11 Å². The summed E-state index contributed by atoms with van der Waals surface area (Å²) in [5.41, 5.74) is 1.62. The van der Waals surface area contributed by atoms with Crippen LogP contribution in [0.3, 0.4) is 0 Å². The Kier molecular flexibility index (Phi) is 3.06. The van der Waals surface area contributed by atoms with Crippen molar-refractivity contribution in [3.05, 3.63) is 11.6 Å². The molecule has 96 valence electrons. The second-order valence-corrected chi connectivity index (χ2v) is 6.71. The van der Waals surface area contributed by atoms with Crippen LogP contribution in [0.2, 0.25) is 0 Å². The average Bonchev–Trinajstić information content (AvgIpc) is 2.84. The van der Waals surface area contributed by atoms with E-state index in [1.807, 2.05) is 0 Å². The molecular weight excluding hydrogens is 208 g/mol. The van der Waals surface area contributed by atoms with Crippen molar-refractivity contribution in [2.24, 2.45) is 5.41 Å². The smallest absolute Gasteiger partial charge is 0.0857 e. The Bertz CT molecular complexity index is 299. The molecule has 0 bridgehead atoms. The van der Waals surface area contributed by atoms with Gasteiger partial charge in [0, 0.05) is 0 Å². The van der Waals surface area contributed by atoms with Gasteiger partial charge in [-0.15, -0.1) is 0 Å². The first-order valence-corrected chi connectivity index (χ1v) is 7.65. The number of rotatable bonds is 1. The van der Waals surface area contributed by atoms with E-state index in [-0.39, 0.29) is 0 Å². The maximum Gasteiger partial charge on any atom is 0.0857 e. The van der Waals surface area contributed by atoms with Crippen LogP contribution in [0, 0.1) is 5.41 Å². The highest BCUT2D eigenvalue weighted by Gasteiger charge is 2.44. The topological polar surface area (TPSA) is 20.2 Å². The van der Waals surface area contributed by atoms with Crippen LogP contribution in [-0.4, -0.2) is 10.7 Å². The Labute approximate surface area is 105 Å². The number of hydrogen-bond acceptors (Lipinski definition) is 1. The fourth-order valence-electron chi connectivity index (χ4n) is 4.40. The van der Waals surface area contributed by atoms with Crippen LogP contribution in [0.25, 0.3) is 0 Å². The van der Waals surface area contributed by atoms with Crippen LogP contribution >= 0.6 is 0 Å². The third kappa shape index (κ3) is 2.19. The van der Waals surface area contributed by atoms with Gasteiger partial charge in [-0.2, -0.15) is 0 Å². The summed E-state index contributed by atoms with van der Waals surface area (Å²) in [4.78, 5) is 0. The lowest BCUT2D eigenvalue weighted by molar-refractivity contribution is -0.00695. The maximum absolute atomic E-state index is 10.9. The summed E-state index contributed by atoms with van der Waals surface area (Å²) in [6.45, 7) is 0. The highest BCUT2D eigenvalue weighted by atomic mass is 16.3. The molecule has 1 spiro atoms. The predicted octanol–water partition coefficient (Wildman–Crippen LogP) is 4.35. The first-order valence-electron chi connectivity index (χ1n) is 7.65. The summed E-state index contributed by atoms with van der Waals surface area (Å²) < 4.78 is 0. The van der Waals surface area contributed by atoms with Gasteiger partial charge in [0.1, 0.15) is 0 Å². The van der Waals surface area contributed by atoms with Gasteiger partial charge < -0.3 is 5.11 Å². The molecule has 0 atom stereocenters. The maximum atomic E-state index is 10.9. The van der Waals surface area contributed by atoms with E-state index in [4.69, 9.17) is 0 Å². The molecule has 2 fully saturated rings. The quantitative estimate of drug-likeness (QED) is 0.669. The minimum Gasteiger partial charge on any atom is -0.386 e. The minimum atomic E-state index is -0.408. The molecule has 3 rings (SSSR count). The molecule has 0 saturated heterocycles. The van der Waals surface area contributed by atoms with Crippen molar-refractivity contribution < 1.29 is 5.11 Å². The third-order valence-corrected chi connectivity index (χ3v) is 5.69. The molecule has 17 heavy (non-hydrogen) atoms. The van der Waals surface area contributed by atoms with E-state index in [1.165, 1.54) is 63.4 Å². The number of hydrogen-bond donors (Lipinski definition) is 1. The summed E-state index contributed by atoms with van der Waals surface area (Å²) in [5, 5.41) is 10.9. The third-order valence-electron chi connectivity index (χ3n) is 5.69. The lowest BCUT2D eigenvalue weighted by Gasteiger charge is -2.44. The van der Waals surface area contributed by atoms with Crippen LogP contribution in [0.4, 0.5) is 0 Å². The van der Waals surface area contributed by atoms with Gasteiger partial charge in [-0.25, -0.2) is 0 Å². The Morgan fingerprint density at radius 2 is 1.53 bits per heavy atom. The van der Waals surface area contributed by atoms with E-state index >= 15 is 0 Å². The van der Waals surface area contributed by atoms with Crippen molar-refractivity contribution >= 4 is 0 Å². The zero-order valence-electron chi connectivity index (χ0n) is 11.0. The SMILES string of the molecule is OC1(C2=CCCCC2)CCC2(CCCC2)CC1. The van der Waals surface area contributed by atoms with E-state index < -0.39 is 5.60 Å². The Morgan fingerprint density at radius 3 is 2.12 bits per heavy atom. The van der Waals surface area contributed by atoms with Crippen molar-refractivity contribution in [1.29, 1.82) is 0 Å².